The summed E-state index contributed by atoms with van der Waals surface area (Å²) in [6.45, 7) is 3.88. The quantitative estimate of drug-likeness (QED) is 0.304. The second-order valence-electron chi connectivity index (χ2n) is 8.92. The standard InChI is InChI=1S/C27H26BrN3O3/c1-27(2,29)18-7-4-8-20(14-18)30-25(17-6-3-5-16(13-17)9-12-23(32)33)24-21-11-10-19(28)15-22(21)31-26(24)34/h3-8,10-11,13-15,30H,9,12,29H2,1-2H3,(H,31,34)(H,32,33)/b25-24-. The van der Waals surface area contributed by atoms with E-state index in [2.05, 4.69) is 26.6 Å². The fraction of sp³-hybridized carbons (Fsp3) is 0.185. The first-order valence-corrected chi connectivity index (χ1v) is 11.7. The van der Waals surface area contributed by atoms with Crippen LogP contribution in [0.5, 0.6) is 0 Å². The van der Waals surface area contributed by atoms with Gasteiger partial charge < -0.3 is 21.5 Å². The van der Waals surface area contributed by atoms with Gasteiger partial charge in [0.05, 0.1) is 17.0 Å². The number of rotatable bonds is 7. The molecule has 0 spiro atoms. The normalized spacial score (nSPS) is 14.4. The van der Waals surface area contributed by atoms with Crippen molar-refractivity contribution in [3.8, 4) is 0 Å². The molecule has 0 saturated carbocycles. The fourth-order valence-corrected chi connectivity index (χ4v) is 4.31. The number of carboxylic acid groups (broad SMARTS) is 1. The van der Waals surface area contributed by atoms with Crippen LogP contribution >= 0.6 is 15.9 Å². The number of nitrogens with two attached hydrogens (primary N) is 1. The third kappa shape index (κ3) is 5.21. The van der Waals surface area contributed by atoms with E-state index in [0.717, 1.165) is 38.1 Å². The van der Waals surface area contributed by atoms with Gasteiger partial charge in [-0.15, -0.1) is 0 Å². The molecule has 0 aromatic heterocycles. The zero-order valence-corrected chi connectivity index (χ0v) is 20.6. The van der Waals surface area contributed by atoms with E-state index in [0.29, 0.717) is 17.7 Å². The van der Waals surface area contributed by atoms with Crippen molar-refractivity contribution < 1.29 is 14.7 Å². The second kappa shape index (κ2) is 9.44. The molecule has 4 rings (SSSR count). The molecule has 0 saturated heterocycles. The number of aryl methyl sites for hydroxylation is 1. The van der Waals surface area contributed by atoms with Gasteiger partial charge in [0.1, 0.15) is 0 Å². The highest BCUT2D eigenvalue weighted by Gasteiger charge is 2.29. The summed E-state index contributed by atoms with van der Waals surface area (Å²) in [6.07, 6.45) is 0.437. The summed E-state index contributed by atoms with van der Waals surface area (Å²) >= 11 is 3.46. The number of hydrogen-bond acceptors (Lipinski definition) is 4. The van der Waals surface area contributed by atoms with E-state index in [4.69, 9.17) is 10.8 Å². The van der Waals surface area contributed by atoms with Gasteiger partial charge in [-0.05, 0) is 67.3 Å². The van der Waals surface area contributed by atoms with Crippen LogP contribution in [0.1, 0.15) is 42.5 Å². The first-order chi connectivity index (χ1) is 16.1. The summed E-state index contributed by atoms with van der Waals surface area (Å²) in [7, 11) is 0. The Morgan fingerprint density at radius 2 is 1.85 bits per heavy atom. The fourth-order valence-electron chi connectivity index (χ4n) is 3.95. The lowest BCUT2D eigenvalue weighted by Gasteiger charge is -2.21. The van der Waals surface area contributed by atoms with Gasteiger partial charge in [-0.2, -0.15) is 0 Å². The molecule has 0 bridgehead atoms. The number of benzene rings is 3. The molecular weight excluding hydrogens is 494 g/mol. The number of hydrogen-bond donors (Lipinski definition) is 4. The molecule has 7 heteroatoms. The first kappa shape index (κ1) is 23.7. The van der Waals surface area contributed by atoms with Crippen molar-refractivity contribution in [1.29, 1.82) is 0 Å². The monoisotopic (exact) mass is 519 g/mol. The zero-order chi connectivity index (χ0) is 24.5. The van der Waals surface area contributed by atoms with E-state index in [1.54, 1.807) is 0 Å². The molecule has 0 unspecified atom stereocenters. The summed E-state index contributed by atoms with van der Waals surface area (Å²) in [5.74, 6) is -1.06. The number of carbonyl (C=O) groups excluding carboxylic acids is 1. The number of carbonyl (C=O) groups is 2. The minimum Gasteiger partial charge on any atom is -0.481 e. The average Bonchev–Trinajstić information content (AvgIpc) is 3.10. The predicted molar refractivity (Wildman–Crippen MR) is 139 cm³/mol. The van der Waals surface area contributed by atoms with Crippen LogP contribution in [0.3, 0.4) is 0 Å². The molecule has 1 aliphatic rings. The largest absolute Gasteiger partial charge is 0.481 e. The molecule has 0 atom stereocenters. The summed E-state index contributed by atoms with van der Waals surface area (Å²) in [4.78, 5) is 24.2. The lowest BCUT2D eigenvalue weighted by molar-refractivity contribution is -0.137. The lowest BCUT2D eigenvalue weighted by atomic mass is 9.94. The molecule has 34 heavy (non-hydrogen) atoms. The van der Waals surface area contributed by atoms with Gasteiger partial charge >= 0.3 is 5.97 Å². The van der Waals surface area contributed by atoms with Crippen LogP contribution in [0.4, 0.5) is 11.4 Å². The Morgan fingerprint density at radius 3 is 2.59 bits per heavy atom. The van der Waals surface area contributed by atoms with Gasteiger partial charge in [-0.1, -0.05) is 52.3 Å². The van der Waals surface area contributed by atoms with Crippen LogP contribution in [0.2, 0.25) is 0 Å². The third-order valence-corrected chi connectivity index (χ3v) is 6.19. The maximum Gasteiger partial charge on any atom is 0.303 e. The molecule has 6 nitrogen and oxygen atoms in total. The van der Waals surface area contributed by atoms with Crippen LogP contribution in [0.25, 0.3) is 11.3 Å². The summed E-state index contributed by atoms with van der Waals surface area (Å²) < 4.78 is 0.871. The Morgan fingerprint density at radius 1 is 1.09 bits per heavy atom. The second-order valence-corrected chi connectivity index (χ2v) is 9.83. The molecule has 1 amide bonds. The van der Waals surface area contributed by atoms with Crippen molar-refractivity contribution in [2.24, 2.45) is 5.73 Å². The molecule has 3 aromatic rings. The first-order valence-electron chi connectivity index (χ1n) is 10.9. The highest BCUT2D eigenvalue weighted by Crippen LogP contribution is 2.39. The molecule has 3 aromatic carbocycles. The van der Waals surface area contributed by atoms with Crippen molar-refractivity contribution in [3.63, 3.8) is 0 Å². The zero-order valence-electron chi connectivity index (χ0n) is 19.0. The number of fused-ring (bicyclic) bond motifs is 1. The maximum absolute atomic E-state index is 13.2. The molecule has 1 aliphatic heterocycles. The Labute approximate surface area is 207 Å². The SMILES string of the molecule is CC(C)(N)c1cccc(N/C(=C2\C(=O)Nc3cc(Br)ccc32)c2cccc(CCC(=O)O)c2)c1. The van der Waals surface area contributed by atoms with Crippen LogP contribution < -0.4 is 16.4 Å². The van der Waals surface area contributed by atoms with E-state index in [-0.39, 0.29) is 12.3 Å². The number of halogens is 1. The molecule has 174 valence electrons. The summed E-state index contributed by atoms with van der Waals surface area (Å²) in [5.41, 5.74) is 11.9. The number of carboxylic acids is 1. The number of aliphatic carboxylic acids is 1. The Bertz CT molecular complexity index is 1310. The molecule has 0 radical (unpaired) electrons. The van der Waals surface area contributed by atoms with Gasteiger partial charge in [0.2, 0.25) is 0 Å². The van der Waals surface area contributed by atoms with Gasteiger partial charge in [0.15, 0.2) is 0 Å². The van der Waals surface area contributed by atoms with Crippen LogP contribution in [0, 0.1) is 0 Å². The highest BCUT2D eigenvalue weighted by molar-refractivity contribution is 9.10. The van der Waals surface area contributed by atoms with Gasteiger partial charge in [0, 0.05) is 27.7 Å². The van der Waals surface area contributed by atoms with Crippen molar-refractivity contribution in [1.82, 2.24) is 0 Å². The van der Waals surface area contributed by atoms with E-state index >= 15 is 0 Å². The third-order valence-electron chi connectivity index (χ3n) is 5.70. The number of nitrogens with one attached hydrogen (secondary N) is 2. The van der Waals surface area contributed by atoms with Crippen molar-refractivity contribution in [2.45, 2.75) is 32.2 Å². The van der Waals surface area contributed by atoms with Crippen molar-refractivity contribution in [2.75, 3.05) is 10.6 Å². The Hall–Kier alpha value is -3.42. The van der Waals surface area contributed by atoms with Gasteiger partial charge in [0.25, 0.3) is 5.91 Å². The molecule has 0 fully saturated rings. The molecule has 0 aliphatic carbocycles. The molecule has 1 heterocycles. The topological polar surface area (TPSA) is 104 Å². The van der Waals surface area contributed by atoms with E-state index < -0.39 is 11.5 Å². The van der Waals surface area contributed by atoms with Gasteiger partial charge in [-0.3, -0.25) is 9.59 Å². The van der Waals surface area contributed by atoms with Crippen LogP contribution in [-0.2, 0) is 21.5 Å². The van der Waals surface area contributed by atoms with Crippen LogP contribution in [0.15, 0.2) is 71.2 Å². The number of anilines is 2. The minimum atomic E-state index is -0.849. The summed E-state index contributed by atoms with van der Waals surface area (Å²) in [6, 6.07) is 21.1. The summed E-state index contributed by atoms with van der Waals surface area (Å²) in [5, 5.41) is 15.5. The van der Waals surface area contributed by atoms with Crippen molar-refractivity contribution in [3.05, 3.63) is 93.5 Å². The predicted octanol–water partition coefficient (Wildman–Crippen LogP) is 5.59. The Balaban J connectivity index is 1.86. The maximum atomic E-state index is 13.2. The lowest BCUT2D eigenvalue weighted by Crippen LogP contribution is -2.28. The highest BCUT2D eigenvalue weighted by atomic mass is 79.9. The average molecular weight is 520 g/mol. The van der Waals surface area contributed by atoms with Gasteiger partial charge in [-0.25, -0.2) is 0 Å². The van der Waals surface area contributed by atoms with Crippen LogP contribution in [-0.4, -0.2) is 17.0 Å². The molecule has 5 N–H and O–H groups in total. The van der Waals surface area contributed by atoms with Crippen molar-refractivity contribution >= 4 is 50.5 Å². The van der Waals surface area contributed by atoms with E-state index in [1.165, 1.54) is 0 Å². The number of amides is 1. The van der Waals surface area contributed by atoms with E-state index in [1.807, 2.05) is 80.6 Å². The minimum absolute atomic E-state index is 0.0355. The van der Waals surface area contributed by atoms with E-state index in [9.17, 15) is 9.59 Å². The molecular formula is C27H26BrN3O3. The smallest absolute Gasteiger partial charge is 0.303 e. The Kier molecular flexibility index (Phi) is 6.59.